The van der Waals surface area contributed by atoms with E-state index in [0.717, 1.165) is 19.5 Å². The molecule has 106 valence electrons. The van der Waals surface area contributed by atoms with Gasteiger partial charge in [0.05, 0.1) is 0 Å². The van der Waals surface area contributed by atoms with Gasteiger partial charge in [-0.2, -0.15) is 0 Å². The Hall–Kier alpha value is -1.25. The number of hydrogen-bond donors (Lipinski definition) is 1. The van der Waals surface area contributed by atoms with Crippen LogP contribution in [0.1, 0.15) is 29.7 Å². The first-order chi connectivity index (χ1) is 9.81. The molecule has 0 aliphatic heterocycles. The highest BCUT2D eigenvalue weighted by Crippen LogP contribution is 2.38. The maximum Gasteiger partial charge on any atom is 0.0356 e. The topological polar surface area (TPSA) is 12.0 Å². The Balaban J connectivity index is 2.12. The molecule has 0 saturated heterocycles. The number of rotatable bonds is 7. The summed E-state index contributed by atoms with van der Waals surface area (Å²) >= 11 is 1.98. The van der Waals surface area contributed by atoms with E-state index < -0.39 is 0 Å². The largest absolute Gasteiger partial charge is 0.317 e. The number of aryl methyl sites for hydroxylation is 1. The normalized spacial score (nSPS) is 12.3. The minimum Gasteiger partial charge on any atom is -0.317 e. The summed E-state index contributed by atoms with van der Waals surface area (Å²) in [5, 5.41) is 3.95. The third-order valence-electron chi connectivity index (χ3n) is 3.37. The van der Waals surface area contributed by atoms with E-state index in [4.69, 9.17) is 0 Å². The van der Waals surface area contributed by atoms with Crippen molar-refractivity contribution in [2.24, 2.45) is 0 Å². The Morgan fingerprint density at radius 1 is 1.00 bits per heavy atom. The highest BCUT2D eigenvalue weighted by molar-refractivity contribution is 7.99. The Morgan fingerprint density at radius 3 is 2.40 bits per heavy atom. The summed E-state index contributed by atoms with van der Waals surface area (Å²) < 4.78 is 0. The van der Waals surface area contributed by atoms with Gasteiger partial charge >= 0.3 is 0 Å². The van der Waals surface area contributed by atoms with Crippen molar-refractivity contribution in [3.05, 3.63) is 65.7 Å². The van der Waals surface area contributed by atoms with Crippen LogP contribution in [0.25, 0.3) is 0 Å². The van der Waals surface area contributed by atoms with Crippen LogP contribution in [0, 0.1) is 6.92 Å². The number of hydrogen-bond acceptors (Lipinski definition) is 2. The zero-order valence-electron chi connectivity index (χ0n) is 12.3. The van der Waals surface area contributed by atoms with Crippen LogP contribution in [-0.2, 0) is 0 Å². The molecule has 0 bridgehead atoms. The molecule has 2 heteroatoms. The summed E-state index contributed by atoms with van der Waals surface area (Å²) in [5.41, 5.74) is 2.78. The fourth-order valence-corrected chi connectivity index (χ4v) is 3.46. The molecule has 1 atom stereocenters. The fourth-order valence-electron chi connectivity index (χ4n) is 2.21. The highest BCUT2D eigenvalue weighted by atomic mass is 32.2. The van der Waals surface area contributed by atoms with Crippen molar-refractivity contribution in [2.45, 2.75) is 30.4 Å². The van der Waals surface area contributed by atoms with Gasteiger partial charge in [-0.25, -0.2) is 0 Å². The molecule has 0 fully saturated rings. The number of thioether (sulfide) groups is 1. The van der Waals surface area contributed by atoms with Gasteiger partial charge in [-0.15, -0.1) is 11.8 Å². The molecule has 0 aliphatic carbocycles. The molecule has 0 radical (unpaired) electrons. The summed E-state index contributed by atoms with van der Waals surface area (Å²) in [6.07, 6.45) is 1.15. The maximum absolute atomic E-state index is 3.44. The predicted molar refractivity (Wildman–Crippen MR) is 89.4 cm³/mol. The number of benzene rings is 2. The van der Waals surface area contributed by atoms with Crippen LogP contribution in [0.5, 0.6) is 0 Å². The zero-order chi connectivity index (χ0) is 14.2. The molecule has 0 aliphatic rings. The first-order valence-electron chi connectivity index (χ1n) is 7.29. The second-order valence-electron chi connectivity index (χ2n) is 4.92. The average Bonchev–Trinajstić information content (AvgIpc) is 2.49. The standard InChI is InChI=1S/C18H23NS/c1-3-19-14-13-18(16-10-5-4-6-11-16)20-17-12-8-7-9-15(17)2/h4-12,18-19H,3,13-14H2,1-2H3. The molecule has 2 aromatic rings. The summed E-state index contributed by atoms with van der Waals surface area (Å²) in [7, 11) is 0. The van der Waals surface area contributed by atoms with Crippen molar-refractivity contribution in [2.75, 3.05) is 13.1 Å². The molecular weight excluding hydrogens is 262 g/mol. The molecule has 0 aromatic heterocycles. The molecule has 0 saturated carbocycles. The Labute approximate surface area is 126 Å². The van der Waals surface area contributed by atoms with Gasteiger partial charge in [0, 0.05) is 10.1 Å². The van der Waals surface area contributed by atoms with Crippen LogP contribution < -0.4 is 5.32 Å². The van der Waals surface area contributed by atoms with Gasteiger partial charge in [0.15, 0.2) is 0 Å². The number of nitrogens with one attached hydrogen (secondary N) is 1. The summed E-state index contributed by atoms with van der Waals surface area (Å²) in [6.45, 7) is 6.45. The van der Waals surface area contributed by atoms with Crippen LogP contribution in [0.2, 0.25) is 0 Å². The fraction of sp³-hybridized carbons (Fsp3) is 0.333. The van der Waals surface area contributed by atoms with E-state index in [9.17, 15) is 0 Å². The van der Waals surface area contributed by atoms with Crippen LogP contribution in [-0.4, -0.2) is 13.1 Å². The molecule has 0 spiro atoms. The smallest absolute Gasteiger partial charge is 0.0356 e. The summed E-state index contributed by atoms with van der Waals surface area (Å²) in [5.74, 6) is 0. The van der Waals surface area contributed by atoms with Gasteiger partial charge in [0.25, 0.3) is 0 Å². The van der Waals surface area contributed by atoms with Gasteiger partial charge in [-0.1, -0.05) is 55.5 Å². The van der Waals surface area contributed by atoms with Gasteiger partial charge < -0.3 is 5.32 Å². The quantitative estimate of drug-likeness (QED) is 0.578. The average molecular weight is 285 g/mol. The Morgan fingerprint density at radius 2 is 1.70 bits per heavy atom. The molecule has 0 heterocycles. The van der Waals surface area contributed by atoms with E-state index >= 15 is 0 Å². The van der Waals surface area contributed by atoms with Crippen molar-refractivity contribution < 1.29 is 0 Å². The van der Waals surface area contributed by atoms with Gasteiger partial charge in [0.2, 0.25) is 0 Å². The third-order valence-corrected chi connectivity index (χ3v) is 4.87. The Bertz CT molecular complexity index is 510. The molecule has 1 unspecified atom stereocenters. The first-order valence-corrected chi connectivity index (χ1v) is 8.17. The zero-order valence-corrected chi connectivity index (χ0v) is 13.1. The Kier molecular flexibility index (Phi) is 6.16. The molecule has 0 amide bonds. The van der Waals surface area contributed by atoms with Crippen LogP contribution in [0.3, 0.4) is 0 Å². The highest BCUT2D eigenvalue weighted by Gasteiger charge is 2.13. The van der Waals surface area contributed by atoms with E-state index in [-0.39, 0.29) is 0 Å². The monoisotopic (exact) mass is 285 g/mol. The lowest BCUT2D eigenvalue weighted by molar-refractivity contribution is 0.666. The van der Waals surface area contributed by atoms with Crippen LogP contribution >= 0.6 is 11.8 Å². The SMILES string of the molecule is CCNCCC(Sc1ccccc1C)c1ccccc1. The molecular formula is C18H23NS. The second kappa shape index (κ2) is 8.13. The lowest BCUT2D eigenvalue weighted by atomic mass is 10.1. The molecule has 2 aromatic carbocycles. The van der Waals surface area contributed by atoms with Gasteiger partial charge in [0.1, 0.15) is 0 Å². The molecule has 2 rings (SSSR count). The van der Waals surface area contributed by atoms with Crippen molar-refractivity contribution in [3.8, 4) is 0 Å². The third kappa shape index (κ3) is 4.39. The van der Waals surface area contributed by atoms with E-state index in [1.54, 1.807) is 0 Å². The van der Waals surface area contributed by atoms with Gasteiger partial charge in [-0.05, 0) is 43.6 Å². The van der Waals surface area contributed by atoms with E-state index in [1.165, 1.54) is 16.0 Å². The maximum atomic E-state index is 3.44. The molecule has 1 N–H and O–H groups in total. The van der Waals surface area contributed by atoms with Crippen molar-refractivity contribution in [1.82, 2.24) is 5.32 Å². The summed E-state index contributed by atoms with van der Waals surface area (Å²) in [6, 6.07) is 19.5. The van der Waals surface area contributed by atoms with Crippen molar-refractivity contribution >= 4 is 11.8 Å². The lowest BCUT2D eigenvalue weighted by Gasteiger charge is -2.18. The van der Waals surface area contributed by atoms with E-state index in [2.05, 4.69) is 73.8 Å². The lowest BCUT2D eigenvalue weighted by Crippen LogP contribution is -2.16. The first kappa shape index (κ1) is 15.1. The minimum absolute atomic E-state index is 0.511. The van der Waals surface area contributed by atoms with E-state index in [0.29, 0.717) is 5.25 Å². The van der Waals surface area contributed by atoms with Crippen molar-refractivity contribution in [3.63, 3.8) is 0 Å². The molecule has 20 heavy (non-hydrogen) atoms. The van der Waals surface area contributed by atoms with E-state index in [1.807, 2.05) is 11.8 Å². The van der Waals surface area contributed by atoms with Gasteiger partial charge in [-0.3, -0.25) is 0 Å². The minimum atomic E-state index is 0.511. The van der Waals surface area contributed by atoms with Crippen LogP contribution in [0.4, 0.5) is 0 Å². The summed E-state index contributed by atoms with van der Waals surface area (Å²) in [4.78, 5) is 1.39. The predicted octanol–water partition coefficient (Wildman–Crippen LogP) is 4.83. The molecule has 1 nitrogen and oxygen atoms in total. The van der Waals surface area contributed by atoms with Crippen molar-refractivity contribution in [1.29, 1.82) is 0 Å². The van der Waals surface area contributed by atoms with Crippen LogP contribution in [0.15, 0.2) is 59.5 Å². The second-order valence-corrected chi connectivity index (χ2v) is 6.17.